The molecule has 3 heterocycles. The Morgan fingerprint density at radius 2 is 1.75 bits per heavy atom. The number of carbonyl (C=O) groups is 2. The normalized spacial score (nSPS) is 14.0. The van der Waals surface area contributed by atoms with Crippen molar-refractivity contribution in [3.05, 3.63) is 46.2 Å². The van der Waals surface area contributed by atoms with Gasteiger partial charge in [-0.15, -0.1) is 10.2 Å². The summed E-state index contributed by atoms with van der Waals surface area (Å²) in [5, 5.41) is 13.6. The number of aromatic nitrogens is 4. The maximum Gasteiger partial charge on any atom is 0.261 e. The standard InChI is InChI=1S/C16H15N5O2S/c1-2-5-12-17-18-16-21(12)19-13(24-16)8-9-20-14(22)10-6-3-4-7-11(10)15(20)23/h3-4,6-7H,2,5,8-9H2,1H3. The largest absolute Gasteiger partial charge is 0.274 e. The van der Waals surface area contributed by atoms with E-state index in [4.69, 9.17) is 0 Å². The van der Waals surface area contributed by atoms with E-state index in [0.29, 0.717) is 24.1 Å². The molecule has 0 atom stereocenters. The highest BCUT2D eigenvalue weighted by Gasteiger charge is 2.34. The molecule has 0 aliphatic carbocycles. The summed E-state index contributed by atoms with van der Waals surface area (Å²) in [5.41, 5.74) is 0.955. The lowest BCUT2D eigenvalue weighted by Crippen LogP contribution is -2.31. The third-order valence-electron chi connectivity index (χ3n) is 4.00. The molecule has 0 saturated heterocycles. The van der Waals surface area contributed by atoms with Gasteiger partial charge in [-0.3, -0.25) is 14.5 Å². The minimum absolute atomic E-state index is 0.231. The Hall–Kier alpha value is -2.61. The van der Waals surface area contributed by atoms with Crippen LogP contribution in [0, 0.1) is 0 Å². The summed E-state index contributed by atoms with van der Waals surface area (Å²) in [6.45, 7) is 2.40. The summed E-state index contributed by atoms with van der Waals surface area (Å²) in [7, 11) is 0. The van der Waals surface area contributed by atoms with Crippen LogP contribution in [0.2, 0.25) is 0 Å². The maximum absolute atomic E-state index is 12.4. The molecule has 0 bridgehead atoms. The maximum atomic E-state index is 12.4. The van der Waals surface area contributed by atoms with Crippen molar-refractivity contribution >= 4 is 28.1 Å². The Bertz CT molecular complexity index is 910. The fourth-order valence-electron chi connectivity index (χ4n) is 2.83. The summed E-state index contributed by atoms with van der Waals surface area (Å²) >= 11 is 1.44. The minimum Gasteiger partial charge on any atom is -0.274 e. The minimum atomic E-state index is -0.231. The van der Waals surface area contributed by atoms with Gasteiger partial charge in [-0.05, 0) is 18.6 Å². The molecule has 0 saturated carbocycles. The molecule has 3 aromatic rings. The van der Waals surface area contributed by atoms with Crippen molar-refractivity contribution in [3.8, 4) is 0 Å². The van der Waals surface area contributed by atoms with Gasteiger partial charge in [0.1, 0.15) is 5.01 Å². The molecule has 122 valence electrons. The number of hydrogen-bond acceptors (Lipinski definition) is 6. The van der Waals surface area contributed by atoms with E-state index in [9.17, 15) is 9.59 Å². The highest BCUT2D eigenvalue weighted by molar-refractivity contribution is 7.16. The third-order valence-corrected chi connectivity index (χ3v) is 4.96. The third kappa shape index (κ3) is 2.30. The quantitative estimate of drug-likeness (QED) is 0.663. The second-order valence-electron chi connectivity index (χ2n) is 5.61. The first kappa shape index (κ1) is 14.9. The van der Waals surface area contributed by atoms with Crippen LogP contribution >= 0.6 is 11.3 Å². The van der Waals surface area contributed by atoms with Gasteiger partial charge in [0.15, 0.2) is 5.82 Å². The van der Waals surface area contributed by atoms with Crippen LogP contribution in [0.1, 0.15) is 44.9 Å². The first-order valence-electron chi connectivity index (χ1n) is 7.84. The van der Waals surface area contributed by atoms with Crippen LogP contribution in [-0.4, -0.2) is 43.1 Å². The number of aryl methyl sites for hydroxylation is 1. The molecule has 0 radical (unpaired) electrons. The lowest BCUT2D eigenvalue weighted by molar-refractivity contribution is 0.0656. The van der Waals surface area contributed by atoms with Gasteiger partial charge in [0.2, 0.25) is 4.96 Å². The highest BCUT2D eigenvalue weighted by Crippen LogP contribution is 2.23. The van der Waals surface area contributed by atoms with E-state index in [-0.39, 0.29) is 11.8 Å². The van der Waals surface area contributed by atoms with Crippen LogP contribution < -0.4 is 0 Å². The molecule has 0 spiro atoms. The lowest BCUT2D eigenvalue weighted by atomic mass is 10.1. The number of amides is 2. The van der Waals surface area contributed by atoms with Gasteiger partial charge in [0.05, 0.1) is 11.1 Å². The van der Waals surface area contributed by atoms with Crippen LogP contribution in [-0.2, 0) is 12.8 Å². The molecule has 0 fully saturated rings. The molecule has 2 aromatic heterocycles. The Kier molecular flexibility index (Phi) is 3.61. The molecule has 24 heavy (non-hydrogen) atoms. The SMILES string of the molecule is CCCc1nnc2sc(CCN3C(=O)c4ccccc4C3=O)nn12. The number of imide groups is 1. The summed E-state index contributed by atoms with van der Waals surface area (Å²) in [6, 6.07) is 6.92. The Morgan fingerprint density at radius 1 is 1.04 bits per heavy atom. The molecule has 0 unspecified atom stereocenters. The fourth-order valence-corrected chi connectivity index (χ4v) is 3.67. The number of hydrogen-bond donors (Lipinski definition) is 0. The van der Waals surface area contributed by atoms with Gasteiger partial charge in [-0.1, -0.05) is 30.4 Å². The Balaban J connectivity index is 1.52. The molecular weight excluding hydrogens is 326 g/mol. The molecular formula is C16H15N5O2S. The van der Waals surface area contributed by atoms with E-state index in [1.807, 2.05) is 0 Å². The second-order valence-corrected chi connectivity index (χ2v) is 6.65. The zero-order valence-electron chi connectivity index (χ0n) is 13.1. The fraction of sp³-hybridized carbons (Fsp3) is 0.312. The van der Waals surface area contributed by atoms with Crippen molar-refractivity contribution in [2.45, 2.75) is 26.2 Å². The van der Waals surface area contributed by atoms with Gasteiger partial charge in [0.25, 0.3) is 11.8 Å². The van der Waals surface area contributed by atoms with Crippen LogP contribution in [0.25, 0.3) is 4.96 Å². The average molecular weight is 341 g/mol. The van der Waals surface area contributed by atoms with Gasteiger partial charge in [-0.25, -0.2) is 0 Å². The summed E-state index contributed by atoms with van der Waals surface area (Å²) in [4.78, 5) is 26.7. The van der Waals surface area contributed by atoms with E-state index in [1.165, 1.54) is 16.2 Å². The molecule has 8 heteroatoms. The van der Waals surface area contributed by atoms with Crippen LogP contribution in [0.4, 0.5) is 0 Å². The molecule has 1 aromatic carbocycles. The first-order valence-corrected chi connectivity index (χ1v) is 8.66. The van der Waals surface area contributed by atoms with Crippen LogP contribution in [0.5, 0.6) is 0 Å². The van der Waals surface area contributed by atoms with Gasteiger partial charge in [-0.2, -0.15) is 9.61 Å². The van der Waals surface area contributed by atoms with E-state index in [1.54, 1.807) is 28.8 Å². The second kappa shape index (κ2) is 5.79. The highest BCUT2D eigenvalue weighted by atomic mass is 32.1. The summed E-state index contributed by atoms with van der Waals surface area (Å²) in [5.74, 6) is 0.381. The predicted octanol–water partition coefficient (Wildman–Crippen LogP) is 1.98. The van der Waals surface area contributed by atoms with Crippen molar-refractivity contribution in [2.75, 3.05) is 6.54 Å². The van der Waals surface area contributed by atoms with Crippen molar-refractivity contribution in [1.29, 1.82) is 0 Å². The first-order chi connectivity index (χ1) is 11.7. The monoisotopic (exact) mass is 341 g/mol. The number of fused-ring (bicyclic) bond motifs is 2. The van der Waals surface area contributed by atoms with Gasteiger partial charge in [0, 0.05) is 19.4 Å². The zero-order chi connectivity index (χ0) is 16.7. The van der Waals surface area contributed by atoms with Crippen molar-refractivity contribution in [3.63, 3.8) is 0 Å². The van der Waals surface area contributed by atoms with Crippen molar-refractivity contribution in [2.24, 2.45) is 0 Å². The molecule has 0 N–H and O–H groups in total. The summed E-state index contributed by atoms with van der Waals surface area (Å²) < 4.78 is 1.76. The van der Waals surface area contributed by atoms with Crippen LogP contribution in [0.3, 0.4) is 0 Å². The van der Waals surface area contributed by atoms with Crippen molar-refractivity contribution in [1.82, 2.24) is 24.7 Å². The zero-order valence-corrected chi connectivity index (χ0v) is 13.9. The predicted molar refractivity (Wildman–Crippen MR) is 88.2 cm³/mol. The van der Waals surface area contributed by atoms with Crippen molar-refractivity contribution < 1.29 is 9.59 Å². The topological polar surface area (TPSA) is 80.5 Å². The molecule has 7 nitrogen and oxygen atoms in total. The van der Waals surface area contributed by atoms with E-state index >= 15 is 0 Å². The molecule has 1 aliphatic heterocycles. The molecule has 1 aliphatic rings. The number of rotatable bonds is 5. The van der Waals surface area contributed by atoms with E-state index < -0.39 is 0 Å². The molecule has 2 amide bonds. The molecule has 4 rings (SSSR count). The number of benzene rings is 1. The van der Waals surface area contributed by atoms with Gasteiger partial charge >= 0.3 is 0 Å². The van der Waals surface area contributed by atoms with E-state index in [0.717, 1.165) is 28.6 Å². The Morgan fingerprint density at radius 3 is 2.42 bits per heavy atom. The van der Waals surface area contributed by atoms with E-state index in [2.05, 4.69) is 22.2 Å². The summed E-state index contributed by atoms with van der Waals surface area (Å²) in [6.07, 6.45) is 2.32. The smallest absolute Gasteiger partial charge is 0.261 e. The lowest BCUT2D eigenvalue weighted by Gasteiger charge is -2.12. The number of carbonyl (C=O) groups excluding carboxylic acids is 2. The number of nitrogens with zero attached hydrogens (tertiary/aromatic N) is 5. The average Bonchev–Trinajstić information content (AvgIpc) is 3.22. The Labute approximate surface area is 141 Å². The van der Waals surface area contributed by atoms with Crippen LogP contribution in [0.15, 0.2) is 24.3 Å². The van der Waals surface area contributed by atoms with Gasteiger partial charge < -0.3 is 0 Å².